The number of carbonyl (C=O) groups is 1. The molecule has 11 heteroatoms. The second-order valence-electron chi connectivity index (χ2n) is 6.72. The first kappa shape index (κ1) is 22.4. The highest BCUT2D eigenvalue weighted by Crippen LogP contribution is 2.30. The third kappa shape index (κ3) is 5.27. The standard InChI is InChI=1S/C19H22F2N2O5S2/c1-27-16-10-13(6-7-15(16)28-19(20)21)11-22-18(24)14-4-2-8-23(12-14)30(25,26)17-5-3-9-29-17/h3,5-7,9-10,14,19H,2,4,8,11-12H2,1H3,(H,22,24)/t14-/m1/s1. The summed E-state index contributed by atoms with van der Waals surface area (Å²) in [5.41, 5.74) is 0.640. The first-order valence-electron chi connectivity index (χ1n) is 9.24. The SMILES string of the molecule is COc1cc(CNC(=O)[C@@H]2CCCN(S(=O)(=O)c3cccs3)C2)ccc1OC(F)F. The van der Waals surface area contributed by atoms with Crippen molar-refractivity contribution in [3.8, 4) is 11.5 Å². The van der Waals surface area contributed by atoms with Crippen molar-refractivity contribution in [3.05, 3.63) is 41.3 Å². The van der Waals surface area contributed by atoms with Crippen LogP contribution in [0.1, 0.15) is 18.4 Å². The highest BCUT2D eigenvalue weighted by atomic mass is 32.2. The van der Waals surface area contributed by atoms with Gasteiger partial charge in [0.15, 0.2) is 11.5 Å². The second kappa shape index (κ2) is 9.71. The molecule has 1 atom stereocenters. The molecule has 0 aliphatic carbocycles. The van der Waals surface area contributed by atoms with Crippen molar-refractivity contribution in [1.29, 1.82) is 0 Å². The maximum atomic E-state index is 12.7. The molecule has 1 aliphatic heterocycles. The summed E-state index contributed by atoms with van der Waals surface area (Å²) in [6.45, 7) is -2.31. The van der Waals surface area contributed by atoms with E-state index in [4.69, 9.17) is 4.74 Å². The van der Waals surface area contributed by atoms with Crippen LogP contribution in [0.2, 0.25) is 0 Å². The largest absolute Gasteiger partial charge is 0.493 e. The Balaban J connectivity index is 1.61. The molecule has 1 aromatic carbocycles. The third-order valence-corrected chi connectivity index (χ3v) is 7.99. The highest BCUT2D eigenvalue weighted by Gasteiger charge is 2.33. The van der Waals surface area contributed by atoms with Gasteiger partial charge in [0.2, 0.25) is 5.91 Å². The van der Waals surface area contributed by atoms with Gasteiger partial charge < -0.3 is 14.8 Å². The van der Waals surface area contributed by atoms with E-state index in [1.807, 2.05) is 0 Å². The molecule has 3 rings (SSSR count). The van der Waals surface area contributed by atoms with Crippen molar-refractivity contribution in [2.24, 2.45) is 5.92 Å². The van der Waals surface area contributed by atoms with E-state index in [2.05, 4.69) is 10.1 Å². The summed E-state index contributed by atoms with van der Waals surface area (Å²) < 4.78 is 61.3. The van der Waals surface area contributed by atoms with Crippen molar-refractivity contribution < 1.29 is 31.5 Å². The highest BCUT2D eigenvalue weighted by molar-refractivity contribution is 7.91. The zero-order chi connectivity index (χ0) is 21.7. The van der Waals surface area contributed by atoms with Crippen LogP contribution in [0.5, 0.6) is 11.5 Å². The minimum atomic E-state index is -3.60. The number of halogens is 2. The number of piperidine rings is 1. The Labute approximate surface area is 177 Å². The molecule has 1 fully saturated rings. The van der Waals surface area contributed by atoms with E-state index in [0.717, 1.165) is 11.3 Å². The monoisotopic (exact) mass is 460 g/mol. The molecule has 1 saturated heterocycles. The number of hydrogen-bond acceptors (Lipinski definition) is 6. The molecule has 1 N–H and O–H groups in total. The van der Waals surface area contributed by atoms with Gasteiger partial charge in [0.1, 0.15) is 4.21 Å². The first-order valence-corrected chi connectivity index (χ1v) is 11.6. The number of ether oxygens (including phenoxy) is 2. The van der Waals surface area contributed by atoms with Crippen molar-refractivity contribution in [2.75, 3.05) is 20.2 Å². The number of alkyl halides is 2. The number of methoxy groups -OCH3 is 1. The van der Waals surface area contributed by atoms with Gasteiger partial charge in [0.25, 0.3) is 10.0 Å². The van der Waals surface area contributed by atoms with Gasteiger partial charge in [-0.15, -0.1) is 11.3 Å². The summed E-state index contributed by atoms with van der Waals surface area (Å²) in [5.74, 6) is -0.679. The summed E-state index contributed by atoms with van der Waals surface area (Å²) in [6.07, 6.45) is 1.18. The maximum absolute atomic E-state index is 12.7. The van der Waals surface area contributed by atoms with Gasteiger partial charge in [-0.05, 0) is 42.0 Å². The van der Waals surface area contributed by atoms with Crippen LogP contribution in [-0.4, -0.2) is 45.4 Å². The molecule has 2 heterocycles. The molecule has 1 aromatic heterocycles. The lowest BCUT2D eigenvalue weighted by Crippen LogP contribution is -2.45. The van der Waals surface area contributed by atoms with E-state index < -0.39 is 22.6 Å². The van der Waals surface area contributed by atoms with Crippen molar-refractivity contribution >= 4 is 27.3 Å². The lowest BCUT2D eigenvalue weighted by molar-refractivity contribution is -0.126. The Morgan fingerprint density at radius 3 is 2.80 bits per heavy atom. The predicted molar refractivity (Wildman–Crippen MR) is 107 cm³/mol. The van der Waals surface area contributed by atoms with E-state index in [0.29, 0.717) is 24.9 Å². The Morgan fingerprint density at radius 2 is 2.13 bits per heavy atom. The van der Waals surface area contributed by atoms with Gasteiger partial charge in [-0.2, -0.15) is 13.1 Å². The molecular weight excluding hydrogens is 438 g/mol. The lowest BCUT2D eigenvalue weighted by Gasteiger charge is -2.30. The summed E-state index contributed by atoms with van der Waals surface area (Å²) in [7, 11) is -2.26. The molecule has 0 saturated carbocycles. The summed E-state index contributed by atoms with van der Waals surface area (Å²) in [5, 5.41) is 4.49. The van der Waals surface area contributed by atoms with Crippen LogP contribution in [0.15, 0.2) is 39.9 Å². The van der Waals surface area contributed by atoms with Gasteiger partial charge in [-0.3, -0.25) is 4.79 Å². The fourth-order valence-corrected chi connectivity index (χ4v) is 5.93. The maximum Gasteiger partial charge on any atom is 0.387 e. The Morgan fingerprint density at radius 1 is 1.33 bits per heavy atom. The van der Waals surface area contributed by atoms with Gasteiger partial charge in [-0.25, -0.2) is 8.42 Å². The Bertz CT molecular complexity index is 967. The van der Waals surface area contributed by atoms with E-state index in [9.17, 15) is 22.0 Å². The van der Waals surface area contributed by atoms with Gasteiger partial charge in [0.05, 0.1) is 13.0 Å². The zero-order valence-corrected chi connectivity index (χ0v) is 17.8. The zero-order valence-electron chi connectivity index (χ0n) is 16.2. The minimum Gasteiger partial charge on any atom is -0.493 e. The average molecular weight is 461 g/mol. The molecule has 2 aromatic rings. The molecule has 1 amide bonds. The molecule has 0 radical (unpaired) electrons. The lowest BCUT2D eigenvalue weighted by atomic mass is 9.98. The molecule has 0 unspecified atom stereocenters. The van der Waals surface area contributed by atoms with E-state index in [1.165, 1.54) is 23.5 Å². The molecule has 30 heavy (non-hydrogen) atoms. The fourth-order valence-electron chi connectivity index (χ4n) is 3.26. The van der Waals surface area contributed by atoms with Gasteiger partial charge >= 0.3 is 6.61 Å². The number of nitrogens with one attached hydrogen (secondary N) is 1. The van der Waals surface area contributed by atoms with Crippen LogP contribution >= 0.6 is 11.3 Å². The average Bonchev–Trinajstić information content (AvgIpc) is 3.28. The fraction of sp³-hybridized carbons (Fsp3) is 0.421. The third-order valence-electron chi connectivity index (χ3n) is 4.75. The van der Waals surface area contributed by atoms with E-state index in [-0.39, 0.29) is 34.7 Å². The smallest absolute Gasteiger partial charge is 0.387 e. The van der Waals surface area contributed by atoms with Crippen molar-refractivity contribution in [3.63, 3.8) is 0 Å². The number of benzene rings is 1. The first-order chi connectivity index (χ1) is 14.3. The quantitative estimate of drug-likeness (QED) is 0.655. The van der Waals surface area contributed by atoms with Crippen molar-refractivity contribution in [1.82, 2.24) is 9.62 Å². The Kier molecular flexibility index (Phi) is 7.27. The van der Waals surface area contributed by atoms with Gasteiger partial charge in [0, 0.05) is 19.6 Å². The summed E-state index contributed by atoms with van der Waals surface area (Å²) in [6, 6.07) is 7.64. The Hall–Kier alpha value is -2.24. The van der Waals surface area contributed by atoms with Crippen LogP contribution in [0.3, 0.4) is 0 Å². The molecule has 7 nitrogen and oxygen atoms in total. The van der Waals surface area contributed by atoms with Crippen LogP contribution in [0.4, 0.5) is 8.78 Å². The topological polar surface area (TPSA) is 84.9 Å². The van der Waals surface area contributed by atoms with Crippen LogP contribution in [0, 0.1) is 5.92 Å². The number of carbonyl (C=O) groups excluding carboxylic acids is 1. The van der Waals surface area contributed by atoms with Crippen LogP contribution in [-0.2, 0) is 21.4 Å². The van der Waals surface area contributed by atoms with Gasteiger partial charge in [-0.1, -0.05) is 12.1 Å². The van der Waals surface area contributed by atoms with Crippen LogP contribution in [0.25, 0.3) is 0 Å². The summed E-state index contributed by atoms with van der Waals surface area (Å²) >= 11 is 1.15. The number of thiophene rings is 1. The number of nitrogens with zero attached hydrogens (tertiary/aromatic N) is 1. The van der Waals surface area contributed by atoms with Crippen LogP contribution < -0.4 is 14.8 Å². The second-order valence-corrected chi connectivity index (χ2v) is 9.83. The van der Waals surface area contributed by atoms with Crippen molar-refractivity contribution in [2.45, 2.75) is 30.2 Å². The van der Waals surface area contributed by atoms with E-state index in [1.54, 1.807) is 23.6 Å². The minimum absolute atomic E-state index is 0.0933. The summed E-state index contributed by atoms with van der Waals surface area (Å²) in [4.78, 5) is 12.6. The van der Waals surface area contributed by atoms with E-state index >= 15 is 0 Å². The molecule has 1 aliphatic rings. The predicted octanol–water partition coefficient (Wildman–Crippen LogP) is 3.08. The molecular formula is C19H22F2N2O5S2. The molecule has 164 valence electrons. The molecule has 0 spiro atoms. The molecule has 0 bridgehead atoms. The number of amides is 1. The number of rotatable bonds is 8. The number of hydrogen-bond donors (Lipinski definition) is 1. The number of sulfonamides is 1. The normalized spacial score (nSPS) is 17.7.